The third-order valence-corrected chi connectivity index (χ3v) is 5.02. The molecule has 0 radical (unpaired) electrons. The van der Waals surface area contributed by atoms with Gasteiger partial charge in [-0.25, -0.2) is 0 Å². The molecule has 1 saturated heterocycles. The van der Waals surface area contributed by atoms with Crippen LogP contribution in [0.1, 0.15) is 22.8 Å². The lowest BCUT2D eigenvalue weighted by Crippen LogP contribution is -2.41. The van der Waals surface area contributed by atoms with Crippen LogP contribution in [0.2, 0.25) is 0 Å². The van der Waals surface area contributed by atoms with Gasteiger partial charge in [0.25, 0.3) is 5.91 Å². The van der Waals surface area contributed by atoms with Crippen LogP contribution < -0.4 is 0 Å². The van der Waals surface area contributed by atoms with Crippen LogP contribution in [0.4, 0.5) is 0 Å². The van der Waals surface area contributed by atoms with E-state index >= 15 is 0 Å². The number of halogens is 1. The van der Waals surface area contributed by atoms with Crippen molar-refractivity contribution in [2.75, 3.05) is 18.8 Å². The molecule has 92 valence electrons. The van der Waals surface area contributed by atoms with Gasteiger partial charge in [-0.15, -0.1) is 0 Å². The predicted octanol–water partition coefficient (Wildman–Crippen LogP) is 3.34. The van der Waals surface area contributed by atoms with Crippen molar-refractivity contribution >= 4 is 33.6 Å². The molecule has 1 amide bonds. The third kappa shape index (κ3) is 2.86. The van der Waals surface area contributed by atoms with Crippen molar-refractivity contribution in [2.45, 2.75) is 19.1 Å². The van der Waals surface area contributed by atoms with Crippen molar-refractivity contribution in [3.05, 3.63) is 33.8 Å². The van der Waals surface area contributed by atoms with Gasteiger partial charge in [0.2, 0.25) is 0 Å². The molecule has 17 heavy (non-hydrogen) atoms. The van der Waals surface area contributed by atoms with Crippen LogP contribution in [0.25, 0.3) is 0 Å². The third-order valence-electron chi connectivity index (χ3n) is 3.03. The summed E-state index contributed by atoms with van der Waals surface area (Å²) in [5.41, 5.74) is 1.85. The van der Waals surface area contributed by atoms with Crippen LogP contribution in [-0.4, -0.2) is 34.9 Å². The summed E-state index contributed by atoms with van der Waals surface area (Å²) in [6.07, 6.45) is 0. The normalized spacial score (nSPS) is 20.4. The quantitative estimate of drug-likeness (QED) is 0.792. The van der Waals surface area contributed by atoms with E-state index in [-0.39, 0.29) is 5.91 Å². The summed E-state index contributed by atoms with van der Waals surface area (Å²) in [5.74, 6) is 1.20. The lowest BCUT2D eigenvalue weighted by atomic mass is 10.1. The molecule has 0 spiro atoms. The Morgan fingerprint density at radius 2 is 2.29 bits per heavy atom. The number of thioether (sulfide) groups is 1. The van der Waals surface area contributed by atoms with E-state index in [0.29, 0.717) is 5.25 Å². The van der Waals surface area contributed by atoms with Gasteiger partial charge in [-0.05, 0) is 24.6 Å². The summed E-state index contributed by atoms with van der Waals surface area (Å²) in [5, 5.41) is 0.542. The Balaban J connectivity index is 2.22. The van der Waals surface area contributed by atoms with E-state index < -0.39 is 0 Å². The zero-order valence-electron chi connectivity index (χ0n) is 10.1. The number of amides is 1. The second-order valence-electron chi connectivity index (χ2n) is 4.34. The molecule has 2 nitrogen and oxygen atoms in total. The molecule has 0 aromatic heterocycles. The van der Waals surface area contributed by atoms with Crippen LogP contribution >= 0.6 is 27.7 Å². The molecular weight excluding hydrogens is 298 g/mol. The van der Waals surface area contributed by atoms with Crippen molar-refractivity contribution in [1.82, 2.24) is 4.90 Å². The van der Waals surface area contributed by atoms with Crippen LogP contribution in [0, 0.1) is 6.92 Å². The van der Waals surface area contributed by atoms with E-state index in [1.807, 2.05) is 41.8 Å². The highest BCUT2D eigenvalue weighted by molar-refractivity contribution is 9.10. The van der Waals surface area contributed by atoms with E-state index in [1.54, 1.807) is 0 Å². The first-order valence-corrected chi connectivity index (χ1v) is 7.59. The summed E-state index contributed by atoms with van der Waals surface area (Å²) in [6.45, 7) is 5.88. The van der Waals surface area contributed by atoms with Crippen molar-refractivity contribution in [3.63, 3.8) is 0 Å². The first kappa shape index (κ1) is 13.0. The van der Waals surface area contributed by atoms with Crippen molar-refractivity contribution in [3.8, 4) is 0 Å². The molecule has 1 aliphatic heterocycles. The highest BCUT2D eigenvalue weighted by Gasteiger charge is 2.23. The highest BCUT2D eigenvalue weighted by Crippen LogP contribution is 2.23. The molecule has 2 rings (SSSR count). The van der Waals surface area contributed by atoms with Crippen LogP contribution in [0.5, 0.6) is 0 Å². The number of benzene rings is 1. The van der Waals surface area contributed by atoms with Gasteiger partial charge in [0.1, 0.15) is 0 Å². The molecule has 0 saturated carbocycles. The van der Waals surface area contributed by atoms with Gasteiger partial charge in [-0.2, -0.15) is 11.8 Å². The van der Waals surface area contributed by atoms with Crippen LogP contribution in [-0.2, 0) is 0 Å². The average molecular weight is 314 g/mol. The molecular formula is C13H16BrNOS. The fourth-order valence-corrected chi connectivity index (χ4v) is 3.39. The van der Waals surface area contributed by atoms with E-state index in [0.717, 1.165) is 34.4 Å². The summed E-state index contributed by atoms with van der Waals surface area (Å²) in [7, 11) is 0. The van der Waals surface area contributed by atoms with Crippen molar-refractivity contribution in [1.29, 1.82) is 0 Å². The number of hydrogen-bond acceptors (Lipinski definition) is 2. The summed E-state index contributed by atoms with van der Waals surface area (Å²) in [6, 6.07) is 5.81. The number of rotatable bonds is 1. The lowest BCUT2D eigenvalue weighted by molar-refractivity contribution is 0.0762. The minimum Gasteiger partial charge on any atom is -0.337 e. The van der Waals surface area contributed by atoms with Gasteiger partial charge >= 0.3 is 0 Å². The van der Waals surface area contributed by atoms with E-state index in [2.05, 4.69) is 22.9 Å². The average Bonchev–Trinajstić information content (AvgIpc) is 2.32. The first-order chi connectivity index (χ1) is 8.09. The number of carbonyl (C=O) groups excluding carboxylic acids is 1. The van der Waals surface area contributed by atoms with Gasteiger partial charge in [0.05, 0.1) is 0 Å². The minimum absolute atomic E-state index is 0.163. The summed E-state index contributed by atoms with van der Waals surface area (Å²) < 4.78 is 1.00. The number of carbonyl (C=O) groups is 1. The Labute approximate surface area is 115 Å². The van der Waals surface area contributed by atoms with Crippen LogP contribution in [0.15, 0.2) is 22.7 Å². The Hall–Kier alpha value is -0.480. The molecule has 1 fully saturated rings. The van der Waals surface area contributed by atoms with Gasteiger partial charge in [-0.1, -0.05) is 28.9 Å². The highest BCUT2D eigenvalue weighted by atomic mass is 79.9. The zero-order valence-corrected chi connectivity index (χ0v) is 12.5. The van der Waals surface area contributed by atoms with Gasteiger partial charge in [0.15, 0.2) is 0 Å². The number of nitrogens with zero attached hydrogens (tertiary/aromatic N) is 1. The molecule has 1 heterocycles. The van der Waals surface area contributed by atoms with E-state index in [1.165, 1.54) is 0 Å². The second-order valence-corrected chi connectivity index (χ2v) is 6.75. The summed E-state index contributed by atoms with van der Waals surface area (Å²) in [4.78, 5) is 14.4. The Kier molecular flexibility index (Phi) is 4.15. The molecule has 1 aromatic carbocycles. The molecule has 1 atom stereocenters. The Bertz CT molecular complexity index is 435. The molecule has 0 bridgehead atoms. The molecule has 4 heteroatoms. The molecule has 0 aliphatic carbocycles. The zero-order chi connectivity index (χ0) is 12.4. The fourth-order valence-electron chi connectivity index (χ4n) is 2.01. The molecule has 1 unspecified atom stereocenters. The van der Waals surface area contributed by atoms with Crippen molar-refractivity contribution in [2.24, 2.45) is 0 Å². The van der Waals surface area contributed by atoms with Gasteiger partial charge in [-0.3, -0.25) is 4.79 Å². The first-order valence-electron chi connectivity index (χ1n) is 5.75. The lowest BCUT2D eigenvalue weighted by Gasteiger charge is -2.31. The predicted molar refractivity (Wildman–Crippen MR) is 76.7 cm³/mol. The maximum atomic E-state index is 12.4. The molecule has 1 aromatic rings. The monoisotopic (exact) mass is 313 g/mol. The summed E-state index contributed by atoms with van der Waals surface area (Å²) >= 11 is 5.41. The minimum atomic E-state index is 0.163. The van der Waals surface area contributed by atoms with Crippen molar-refractivity contribution < 1.29 is 4.79 Å². The molecule has 1 aliphatic rings. The topological polar surface area (TPSA) is 20.3 Å². The SMILES string of the molecule is Cc1c(Br)cccc1C(=O)N1CCSC(C)C1. The maximum Gasteiger partial charge on any atom is 0.254 e. The molecule has 0 N–H and O–H groups in total. The fraction of sp³-hybridized carbons (Fsp3) is 0.462. The standard InChI is InChI=1S/C13H16BrNOS/c1-9-8-15(6-7-17-9)13(16)11-4-3-5-12(14)10(11)2/h3-5,9H,6-8H2,1-2H3. The van der Waals surface area contributed by atoms with Gasteiger partial charge < -0.3 is 4.90 Å². The maximum absolute atomic E-state index is 12.4. The van der Waals surface area contributed by atoms with E-state index in [9.17, 15) is 4.79 Å². The van der Waals surface area contributed by atoms with Crippen LogP contribution in [0.3, 0.4) is 0 Å². The second kappa shape index (κ2) is 5.44. The largest absolute Gasteiger partial charge is 0.337 e. The van der Waals surface area contributed by atoms with E-state index in [4.69, 9.17) is 0 Å². The Morgan fingerprint density at radius 1 is 1.53 bits per heavy atom. The smallest absolute Gasteiger partial charge is 0.254 e. The Morgan fingerprint density at radius 3 is 3.00 bits per heavy atom. The van der Waals surface area contributed by atoms with Gasteiger partial charge in [0, 0.05) is 34.1 Å². The number of hydrogen-bond donors (Lipinski definition) is 0.